The van der Waals surface area contributed by atoms with E-state index in [0.717, 1.165) is 49.3 Å². The number of carbonyl (C=O) groups is 2. The molecule has 0 aromatic heterocycles. The van der Waals surface area contributed by atoms with Crippen molar-refractivity contribution in [1.82, 2.24) is 0 Å². The Morgan fingerprint density at radius 2 is 1.61 bits per heavy atom. The lowest BCUT2D eigenvalue weighted by atomic mass is 9.82. The molecule has 0 saturated carbocycles. The number of ketones is 1. The van der Waals surface area contributed by atoms with Crippen molar-refractivity contribution < 1.29 is 27.6 Å². The summed E-state index contributed by atoms with van der Waals surface area (Å²) in [6.07, 6.45) is 1.34. The predicted octanol–water partition coefficient (Wildman–Crippen LogP) is 5.15. The van der Waals surface area contributed by atoms with Gasteiger partial charge in [-0.25, -0.2) is 13.6 Å². The molecule has 0 unspecified atom stereocenters. The van der Waals surface area contributed by atoms with Crippen LogP contribution in [0, 0.1) is 17.6 Å². The number of Topliss-reactive ketones (excluding diaryl/α,β-unsaturated/α-hetero) is 1. The fourth-order valence-electron chi connectivity index (χ4n) is 5.52. The number of nitrogens with zero attached hydrogens (tertiary/aromatic N) is 1. The maximum atomic E-state index is 14.2. The van der Waals surface area contributed by atoms with Crippen LogP contribution in [0.2, 0.25) is 0 Å². The Bertz CT molecular complexity index is 1230. The Morgan fingerprint density at radius 1 is 0.944 bits per heavy atom. The number of halogens is 2. The Kier molecular flexibility index (Phi) is 6.83. The minimum absolute atomic E-state index is 0.0960. The molecular weight excluding hydrogens is 462 g/mol. The van der Waals surface area contributed by atoms with Gasteiger partial charge in [0.05, 0.1) is 18.7 Å². The highest BCUT2D eigenvalue weighted by Crippen LogP contribution is 2.37. The molecular formula is C29H29F2N2O3+. The molecule has 3 heterocycles. The Labute approximate surface area is 209 Å². The third-order valence-electron chi connectivity index (χ3n) is 7.47. The van der Waals surface area contributed by atoms with Crippen LogP contribution in [0.1, 0.15) is 34.8 Å². The molecule has 7 heteroatoms. The predicted molar refractivity (Wildman–Crippen MR) is 132 cm³/mol. The number of para-hydroxylation sites is 1. The summed E-state index contributed by atoms with van der Waals surface area (Å²) in [7, 11) is 0. The number of rotatable bonds is 8. The number of fused-ring (bicyclic) bond motifs is 3. The van der Waals surface area contributed by atoms with Gasteiger partial charge in [-0.3, -0.25) is 4.79 Å². The second-order valence-electron chi connectivity index (χ2n) is 9.84. The molecule has 1 N–H and O–H groups in total. The van der Waals surface area contributed by atoms with Crippen molar-refractivity contribution in [2.45, 2.75) is 25.0 Å². The highest BCUT2D eigenvalue weighted by atomic mass is 19.1. The molecule has 3 aliphatic heterocycles. The van der Waals surface area contributed by atoms with E-state index in [2.05, 4.69) is 5.32 Å². The van der Waals surface area contributed by atoms with Crippen LogP contribution in [0.3, 0.4) is 0 Å². The molecule has 186 valence electrons. The van der Waals surface area contributed by atoms with E-state index >= 15 is 0 Å². The number of ether oxygens (including phenoxy) is 1. The molecule has 6 rings (SSSR count). The second-order valence-corrected chi connectivity index (χ2v) is 9.84. The first-order valence-electron chi connectivity index (χ1n) is 12.3. The zero-order chi connectivity index (χ0) is 25.1. The molecule has 3 saturated heterocycles. The van der Waals surface area contributed by atoms with E-state index < -0.39 is 17.7 Å². The molecule has 3 aromatic carbocycles. The summed E-state index contributed by atoms with van der Waals surface area (Å²) in [5.74, 6) is -2.03. The van der Waals surface area contributed by atoms with Gasteiger partial charge in [-0.1, -0.05) is 48.5 Å². The lowest BCUT2D eigenvalue weighted by Gasteiger charge is -2.51. The smallest absolute Gasteiger partial charge is 0.333 e. The third-order valence-corrected chi connectivity index (χ3v) is 7.47. The monoisotopic (exact) mass is 491 g/mol. The number of piperidine rings is 3. The van der Waals surface area contributed by atoms with Crippen LogP contribution in [0.25, 0.3) is 0 Å². The van der Waals surface area contributed by atoms with Crippen LogP contribution in [-0.2, 0) is 9.53 Å². The van der Waals surface area contributed by atoms with Gasteiger partial charge in [0.1, 0.15) is 24.7 Å². The van der Waals surface area contributed by atoms with E-state index in [0.29, 0.717) is 11.0 Å². The van der Waals surface area contributed by atoms with Crippen molar-refractivity contribution in [2.75, 3.05) is 31.5 Å². The maximum Gasteiger partial charge on any atom is 0.333 e. The van der Waals surface area contributed by atoms with Gasteiger partial charge in [0.2, 0.25) is 5.78 Å². The molecule has 0 amide bonds. The molecule has 0 spiro atoms. The summed E-state index contributed by atoms with van der Waals surface area (Å²) < 4.78 is 34.1. The zero-order valence-electron chi connectivity index (χ0n) is 19.9. The second kappa shape index (κ2) is 10.2. The van der Waals surface area contributed by atoms with E-state index in [1.54, 1.807) is 0 Å². The van der Waals surface area contributed by atoms with Crippen LogP contribution >= 0.6 is 0 Å². The summed E-state index contributed by atoms with van der Waals surface area (Å²) >= 11 is 0. The normalized spacial score (nSPS) is 23.6. The Morgan fingerprint density at radius 3 is 2.28 bits per heavy atom. The van der Waals surface area contributed by atoms with Crippen molar-refractivity contribution in [3.63, 3.8) is 0 Å². The minimum Gasteiger partial charge on any atom is -0.454 e. The number of hydrogen-bond acceptors (Lipinski definition) is 4. The quantitative estimate of drug-likeness (QED) is 0.269. The standard InChI is InChI=1S/C29H29F2N2O3/c30-22-11-12-24(25(31)17-22)26(34)18-33-15-13-20(14-16-33)27(19-33)36-29(35)28(21-7-3-1-4-8-21)32-23-9-5-2-6-10-23/h1-12,17,20,27-28,32H,13-16,18-19H2/q+1/t20?,27-,28+,33?/m0/s1. The largest absolute Gasteiger partial charge is 0.454 e. The van der Waals surface area contributed by atoms with Crippen molar-refractivity contribution >= 4 is 17.4 Å². The van der Waals surface area contributed by atoms with Crippen LogP contribution in [0.15, 0.2) is 78.9 Å². The number of quaternary nitrogens is 1. The average Bonchev–Trinajstić information content (AvgIpc) is 2.88. The van der Waals surface area contributed by atoms with E-state index in [1.165, 1.54) is 6.07 Å². The number of benzene rings is 3. The van der Waals surface area contributed by atoms with E-state index in [4.69, 9.17) is 4.74 Å². The number of hydrogen-bond donors (Lipinski definition) is 1. The first-order valence-corrected chi connectivity index (χ1v) is 12.3. The molecule has 2 atom stereocenters. The first kappa shape index (κ1) is 24.1. The maximum absolute atomic E-state index is 14.2. The van der Waals surface area contributed by atoms with Crippen LogP contribution in [0.4, 0.5) is 14.5 Å². The summed E-state index contributed by atoms with van der Waals surface area (Å²) in [4.78, 5) is 26.4. The summed E-state index contributed by atoms with van der Waals surface area (Å²) in [6.45, 7) is 2.17. The lowest BCUT2D eigenvalue weighted by Crippen LogP contribution is -2.65. The van der Waals surface area contributed by atoms with Gasteiger partial charge >= 0.3 is 5.97 Å². The van der Waals surface area contributed by atoms with Gasteiger partial charge in [0.25, 0.3) is 0 Å². The number of esters is 1. The van der Waals surface area contributed by atoms with Crippen LogP contribution < -0.4 is 5.32 Å². The Hall–Kier alpha value is -3.58. The van der Waals surface area contributed by atoms with E-state index in [9.17, 15) is 18.4 Å². The van der Waals surface area contributed by atoms with Crippen LogP contribution in [0.5, 0.6) is 0 Å². The van der Waals surface area contributed by atoms with Crippen molar-refractivity contribution in [2.24, 2.45) is 5.92 Å². The molecule has 3 fully saturated rings. The molecule has 36 heavy (non-hydrogen) atoms. The fraction of sp³-hybridized carbons (Fsp3) is 0.310. The highest BCUT2D eigenvalue weighted by Gasteiger charge is 2.49. The number of carbonyl (C=O) groups excluding carboxylic acids is 2. The summed E-state index contributed by atoms with van der Waals surface area (Å²) in [5, 5.41) is 3.30. The molecule has 3 aliphatic rings. The summed E-state index contributed by atoms with van der Waals surface area (Å²) in [6, 6.07) is 21.3. The first-order chi connectivity index (χ1) is 17.4. The highest BCUT2D eigenvalue weighted by molar-refractivity contribution is 5.97. The van der Waals surface area contributed by atoms with Gasteiger partial charge in [-0.2, -0.15) is 0 Å². The SMILES string of the molecule is O=C(C[N+]12CCC(CC1)[C@@H](OC(=O)[C@H](Nc1ccccc1)c1ccccc1)C2)c1ccc(F)cc1F. The lowest BCUT2D eigenvalue weighted by molar-refractivity contribution is -0.938. The summed E-state index contributed by atoms with van der Waals surface area (Å²) in [5.41, 5.74) is 1.52. The molecule has 3 aromatic rings. The third kappa shape index (κ3) is 5.16. The van der Waals surface area contributed by atoms with Crippen molar-refractivity contribution in [1.29, 1.82) is 0 Å². The fourth-order valence-corrected chi connectivity index (χ4v) is 5.52. The van der Waals surface area contributed by atoms with Crippen molar-refractivity contribution in [3.05, 3.63) is 102 Å². The van der Waals surface area contributed by atoms with Gasteiger partial charge in [-0.05, 0) is 29.8 Å². The Balaban J connectivity index is 1.31. The van der Waals surface area contributed by atoms with Crippen molar-refractivity contribution in [3.8, 4) is 0 Å². The van der Waals surface area contributed by atoms with Gasteiger partial charge in [0.15, 0.2) is 12.1 Å². The topological polar surface area (TPSA) is 55.4 Å². The van der Waals surface area contributed by atoms with Crippen LogP contribution in [-0.4, -0.2) is 48.5 Å². The molecule has 5 nitrogen and oxygen atoms in total. The van der Waals surface area contributed by atoms with Gasteiger partial charge < -0.3 is 14.5 Å². The van der Waals surface area contributed by atoms with Gasteiger partial charge in [-0.15, -0.1) is 0 Å². The molecule has 0 radical (unpaired) electrons. The van der Waals surface area contributed by atoms with E-state index in [1.807, 2.05) is 60.7 Å². The molecule has 2 bridgehead atoms. The number of nitrogens with one attached hydrogen (secondary N) is 1. The minimum atomic E-state index is -0.842. The number of anilines is 1. The zero-order valence-corrected chi connectivity index (χ0v) is 19.9. The van der Waals surface area contributed by atoms with E-state index in [-0.39, 0.29) is 35.9 Å². The van der Waals surface area contributed by atoms with Gasteiger partial charge in [0, 0.05) is 30.5 Å². The average molecular weight is 492 g/mol. The molecule has 0 aliphatic carbocycles.